The molecule has 134 valence electrons. The second-order valence-electron chi connectivity index (χ2n) is 6.03. The Balaban J connectivity index is 2.50. The molecule has 5 heteroatoms. The molecule has 0 aliphatic carbocycles. The monoisotopic (exact) mass is 405 g/mol. The fourth-order valence-corrected chi connectivity index (χ4v) is 3.48. The summed E-state index contributed by atoms with van der Waals surface area (Å²) in [6, 6.07) is 5.37. The van der Waals surface area contributed by atoms with Gasteiger partial charge in [0, 0.05) is 22.6 Å². The summed E-state index contributed by atoms with van der Waals surface area (Å²) in [7, 11) is 0. The highest BCUT2D eigenvalue weighted by Gasteiger charge is 2.20. The van der Waals surface area contributed by atoms with Gasteiger partial charge in [0.05, 0.1) is 0 Å². The van der Waals surface area contributed by atoms with E-state index in [1.165, 1.54) is 6.07 Å². The van der Waals surface area contributed by atoms with E-state index in [4.69, 9.17) is 4.42 Å². The van der Waals surface area contributed by atoms with Gasteiger partial charge in [0.2, 0.25) is 0 Å². The molecule has 25 heavy (non-hydrogen) atoms. The molecule has 1 aromatic heterocycles. The molecule has 0 saturated carbocycles. The first-order chi connectivity index (χ1) is 11.9. The molecule has 0 atom stereocenters. The molecule has 1 aromatic carbocycles. The molecule has 1 N–H and O–H groups in total. The van der Waals surface area contributed by atoms with Gasteiger partial charge in [-0.2, -0.15) is 0 Å². The van der Waals surface area contributed by atoms with Gasteiger partial charge in [-0.15, -0.1) is 0 Å². The van der Waals surface area contributed by atoms with E-state index in [9.17, 15) is 9.59 Å². The number of halogens is 1. The molecule has 1 amide bonds. The number of anilines is 1. The van der Waals surface area contributed by atoms with Crippen LogP contribution in [0.2, 0.25) is 0 Å². The average molecular weight is 406 g/mol. The Labute approximate surface area is 156 Å². The van der Waals surface area contributed by atoms with Crippen molar-refractivity contribution in [1.29, 1.82) is 0 Å². The van der Waals surface area contributed by atoms with Crippen LogP contribution in [0.15, 0.2) is 31.9 Å². The lowest BCUT2D eigenvalue weighted by Crippen LogP contribution is -2.24. The minimum Gasteiger partial charge on any atom is -0.465 e. The quantitative estimate of drug-likeness (QED) is 0.731. The topological polar surface area (TPSA) is 59.3 Å². The van der Waals surface area contributed by atoms with Crippen molar-refractivity contribution < 1.29 is 9.21 Å². The van der Waals surface area contributed by atoms with Crippen LogP contribution in [0.5, 0.6) is 0 Å². The largest absolute Gasteiger partial charge is 0.465 e. The number of carbonyl (C=O) groups excluding carboxylic acids is 1. The van der Waals surface area contributed by atoms with Crippen molar-refractivity contribution >= 4 is 27.5 Å². The van der Waals surface area contributed by atoms with Crippen LogP contribution in [0.3, 0.4) is 0 Å². The number of rotatable bonds is 6. The highest BCUT2D eigenvalue weighted by Crippen LogP contribution is 2.28. The molecule has 2 aromatic rings. The van der Waals surface area contributed by atoms with Crippen LogP contribution in [-0.4, -0.2) is 5.91 Å². The van der Waals surface area contributed by atoms with E-state index < -0.39 is 5.91 Å². The summed E-state index contributed by atoms with van der Waals surface area (Å²) in [6.07, 6.45) is 2.92. The van der Waals surface area contributed by atoms with Crippen LogP contribution < -0.4 is 10.7 Å². The fourth-order valence-electron chi connectivity index (χ4n) is 2.93. The second kappa shape index (κ2) is 8.48. The first-order valence-corrected chi connectivity index (χ1v) is 9.46. The van der Waals surface area contributed by atoms with Gasteiger partial charge in [0.25, 0.3) is 5.91 Å². The predicted molar refractivity (Wildman–Crippen MR) is 105 cm³/mol. The summed E-state index contributed by atoms with van der Waals surface area (Å²) in [5, 5.41) is 2.96. The number of amides is 1. The Morgan fingerprint density at radius 3 is 2.24 bits per heavy atom. The van der Waals surface area contributed by atoms with Gasteiger partial charge >= 0.3 is 0 Å². The van der Waals surface area contributed by atoms with Crippen LogP contribution >= 0.6 is 15.9 Å². The summed E-state index contributed by atoms with van der Waals surface area (Å²) in [5.74, 6) is 0.583. The zero-order valence-corrected chi connectivity index (χ0v) is 16.7. The molecule has 0 aliphatic heterocycles. The SMILES string of the molecule is CCCc1oc(C)cc(=O)c1C(=O)Nc1c(CC)cc(Br)cc1CC. The molecule has 0 fully saturated rings. The maximum absolute atomic E-state index is 12.9. The third-order valence-electron chi connectivity index (χ3n) is 4.11. The number of aryl methyl sites for hydroxylation is 4. The van der Waals surface area contributed by atoms with Crippen LogP contribution in [0.1, 0.15) is 60.2 Å². The first-order valence-electron chi connectivity index (χ1n) is 8.67. The van der Waals surface area contributed by atoms with Gasteiger partial charge in [-0.1, -0.05) is 36.7 Å². The summed E-state index contributed by atoms with van der Waals surface area (Å²) < 4.78 is 6.64. The van der Waals surface area contributed by atoms with Crippen molar-refractivity contribution in [3.63, 3.8) is 0 Å². The molecule has 1 heterocycles. The van der Waals surface area contributed by atoms with Crippen molar-refractivity contribution in [2.75, 3.05) is 5.32 Å². The molecule has 2 rings (SSSR count). The van der Waals surface area contributed by atoms with Crippen molar-refractivity contribution in [3.8, 4) is 0 Å². The molecular weight excluding hydrogens is 382 g/mol. The van der Waals surface area contributed by atoms with Crippen LogP contribution in [0, 0.1) is 6.92 Å². The first kappa shape index (κ1) is 19.4. The standard InChI is InChI=1S/C20H24BrNO3/c1-5-8-17-18(16(23)9-12(4)25-17)20(24)22-19-13(6-2)10-15(21)11-14(19)7-3/h9-11H,5-8H2,1-4H3,(H,22,24). The highest BCUT2D eigenvalue weighted by atomic mass is 79.9. The van der Waals surface area contributed by atoms with E-state index in [1.807, 2.05) is 32.9 Å². The molecule has 0 saturated heterocycles. The summed E-state index contributed by atoms with van der Waals surface area (Å²) in [6.45, 7) is 7.80. The van der Waals surface area contributed by atoms with Gasteiger partial charge < -0.3 is 9.73 Å². The molecular formula is C20H24BrNO3. The van der Waals surface area contributed by atoms with E-state index in [0.29, 0.717) is 17.9 Å². The number of nitrogens with one attached hydrogen (secondary N) is 1. The molecule has 0 bridgehead atoms. The number of carbonyl (C=O) groups is 1. The van der Waals surface area contributed by atoms with E-state index >= 15 is 0 Å². The van der Waals surface area contributed by atoms with Crippen LogP contribution in [-0.2, 0) is 19.3 Å². The molecule has 0 unspecified atom stereocenters. The normalized spacial score (nSPS) is 10.8. The van der Waals surface area contributed by atoms with Gasteiger partial charge in [0.1, 0.15) is 17.1 Å². The second-order valence-corrected chi connectivity index (χ2v) is 6.95. The lowest BCUT2D eigenvalue weighted by atomic mass is 10.0. The van der Waals surface area contributed by atoms with Crippen molar-refractivity contribution in [2.45, 2.75) is 53.4 Å². The Morgan fingerprint density at radius 1 is 1.12 bits per heavy atom. The van der Waals surface area contributed by atoms with Gasteiger partial charge in [-0.25, -0.2) is 0 Å². The molecule has 0 spiro atoms. The lowest BCUT2D eigenvalue weighted by Gasteiger charge is -2.16. The van der Waals surface area contributed by atoms with E-state index in [1.54, 1.807) is 6.92 Å². The zero-order valence-electron chi connectivity index (χ0n) is 15.2. The zero-order chi connectivity index (χ0) is 18.6. The Hall–Kier alpha value is -1.88. The highest BCUT2D eigenvalue weighted by molar-refractivity contribution is 9.10. The molecule has 0 radical (unpaired) electrons. The minimum absolute atomic E-state index is 0.111. The van der Waals surface area contributed by atoms with E-state index in [-0.39, 0.29) is 11.0 Å². The van der Waals surface area contributed by atoms with Crippen molar-refractivity contribution in [2.24, 2.45) is 0 Å². The summed E-state index contributed by atoms with van der Waals surface area (Å²) in [4.78, 5) is 25.3. The van der Waals surface area contributed by atoms with Gasteiger partial charge in [-0.3, -0.25) is 9.59 Å². The van der Waals surface area contributed by atoms with E-state index in [0.717, 1.165) is 40.5 Å². The Bertz CT molecular complexity index is 814. The minimum atomic E-state index is -0.399. The molecule has 0 aliphatic rings. The third kappa shape index (κ3) is 4.40. The average Bonchev–Trinajstić information content (AvgIpc) is 2.55. The van der Waals surface area contributed by atoms with Gasteiger partial charge in [-0.05, 0) is 49.4 Å². The number of hydrogen-bond donors (Lipinski definition) is 1. The molecule has 4 nitrogen and oxygen atoms in total. The van der Waals surface area contributed by atoms with Gasteiger partial charge in [0.15, 0.2) is 5.43 Å². The van der Waals surface area contributed by atoms with Crippen molar-refractivity contribution in [3.05, 3.63) is 61.1 Å². The maximum atomic E-state index is 12.9. The predicted octanol–water partition coefficient (Wildman–Crippen LogP) is 5.04. The lowest BCUT2D eigenvalue weighted by molar-refractivity contribution is 0.102. The Kier molecular flexibility index (Phi) is 6.59. The van der Waals surface area contributed by atoms with E-state index in [2.05, 4.69) is 21.2 Å². The third-order valence-corrected chi connectivity index (χ3v) is 4.57. The van der Waals surface area contributed by atoms with Crippen LogP contribution in [0.25, 0.3) is 0 Å². The summed E-state index contributed by atoms with van der Waals surface area (Å²) in [5.41, 5.74) is 2.68. The summed E-state index contributed by atoms with van der Waals surface area (Å²) >= 11 is 3.51. The number of hydrogen-bond acceptors (Lipinski definition) is 3. The maximum Gasteiger partial charge on any atom is 0.263 e. The van der Waals surface area contributed by atoms with Crippen molar-refractivity contribution in [1.82, 2.24) is 0 Å². The number of benzene rings is 1. The fraction of sp³-hybridized carbons (Fsp3) is 0.400. The smallest absolute Gasteiger partial charge is 0.263 e. The van der Waals surface area contributed by atoms with Crippen LogP contribution in [0.4, 0.5) is 5.69 Å². The Morgan fingerprint density at radius 2 is 1.72 bits per heavy atom.